The van der Waals surface area contributed by atoms with E-state index in [1.54, 1.807) is 29.9 Å². The molecule has 0 radical (unpaired) electrons. The number of halogens is 1. The Bertz CT molecular complexity index is 840. The average molecular weight is 358 g/mol. The molecule has 2 amide bonds. The van der Waals surface area contributed by atoms with E-state index in [0.29, 0.717) is 24.1 Å². The molecule has 7 heteroatoms. The van der Waals surface area contributed by atoms with Gasteiger partial charge in [-0.15, -0.1) is 0 Å². The second kappa shape index (κ2) is 7.27. The molecule has 0 aliphatic heterocycles. The number of hydrogen-bond donors (Lipinski definition) is 2. The van der Waals surface area contributed by atoms with Crippen LogP contribution in [-0.2, 0) is 18.3 Å². The van der Waals surface area contributed by atoms with E-state index >= 15 is 0 Å². The number of imidazole rings is 1. The first-order valence-electron chi connectivity index (χ1n) is 8.67. The lowest BCUT2D eigenvalue weighted by Crippen LogP contribution is -2.54. The first-order valence-corrected chi connectivity index (χ1v) is 8.67. The summed E-state index contributed by atoms with van der Waals surface area (Å²) in [6.45, 7) is 3.70. The predicted molar refractivity (Wildman–Crippen MR) is 95.2 cm³/mol. The highest BCUT2D eigenvalue weighted by molar-refractivity contribution is 5.92. The van der Waals surface area contributed by atoms with Crippen molar-refractivity contribution in [1.82, 2.24) is 20.2 Å². The molecule has 1 saturated carbocycles. The molecule has 1 fully saturated rings. The van der Waals surface area contributed by atoms with Gasteiger partial charge in [0.2, 0.25) is 5.91 Å². The maximum absolute atomic E-state index is 13.7. The highest BCUT2D eigenvalue weighted by atomic mass is 19.1. The van der Waals surface area contributed by atoms with Crippen molar-refractivity contribution in [2.24, 2.45) is 7.05 Å². The van der Waals surface area contributed by atoms with Crippen molar-refractivity contribution in [2.45, 2.75) is 45.2 Å². The molecule has 1 heterocycles. The van der Waals surface area contributed by atoms with E-state index in [9.17, 15) is 14.0 Å². The van der Waals surface area contributed by atoms with Crippen LogP contribution in [0.3, 0.4) is 0 Å². The van der Waals surface area contributed by atoms with Gasteiger partial charge in [-0.05, 0) is 38.3 Å². The summed E-state index contributed by atoms with van der Waals surface area (Å²) < 4.78 is 15.5. The molecule has 0 unspecified atom stereocenters. The number of benzene rings is 1. The van der Waals surface area contributed by atoms with E-state index in [0.717, 1.165) is 11.4 Å². The van der Waals surface area contributed by atoms with E-state index < -0.39 is 0 Å². The average Bonchev–Trinajstić information content (AvgIpc) is 2.88. The molecule has 1 aliphatic carbocycles. The van der Waals surface area contributed by atoms with Gasteiger partial charge in [-0.3, -0.25) is 9.59 Å². The van der Waals surface area contributed by atoms with E-state index in [4.69, 9.17) is 0 Å². The molecule has 1 aliphatic rings. The van der Waals surface area contributed by atoms with Crippen LogP contribution in [-0.4, -0.2) is 33.4 Å². The van der Waals surface area contributed by atoms with Crippen LogP contribution in [0.2, 0.25) is 0 Å². The van der Waals surface area contributed by atoms with Crippen LogP contribution in [0, 0.1) is 19.7 Å². The molecule has 0 atom stereocenters. The van der Waals surface area contributed by atoms with Gasteiger partial charge >= 0.3 is 0 Å². The summed E-state index contributed by atoms with van der Waals surface area (Å²) in [7, 11) is 1.80. The Morgan fingerprint density at radius 3 is 2.58 bits per heavy atom. The van der Waals surface area contributed by atoms with Gasteiger partial charge in [0.1, 0.15) is 17.3 Å². The molecule has 0 bridgehead atoms. The number of nitrogens with one attached hydrogen (secondary N) is 2. The summed E-state index contributed by atoms with van der Waals surface area (Å²) in [6.07, 6.45) is 2.92. The monoisotopic (exact) mass is 358 g/mol. The third-order valence-electron chi connectivity index (χ3n) is 4.84. The van der Waals surface area contributed by atoms with Crippen LogP contribution in [0.25, 0.3) is 0 Å². The molecule has 2 N–H and O–H groups in total. The Kier molecular flexibility index (Phi) is 5.06. The minimum Gasteiger partial charge on any atom is -0.353 e. The number of amides is 2. The van der Waals surface area contributed by atoms with Crippen LogP contribution in [0.15, 0.2) is 24.4 Å². The van der Waals surface area contributed by atoms with Gasteiger partial charge in [-0.25, -0.2) is 9.37 Å². The van der Waals surface area contributed by atoms with Gasteiger partial charge in [0.15, 0.2) is 0 Å². The van der Waals surface area contributed by atoms with Crippen molar-refractivity contribution in [3.05, 3.63) is 52.9 Å². The lowest BCUT2D eigenvalue weighted by Gasteiger charge is -2.36. The van der Waals surface area contributed by atoms with E-state index in [1.165, 1.54) is 6.07 Å². The Labute approximate surface area is 151 Å². The van der Waals surface area contributed by atoms with Crippen LogP contribution < -0.4 is 10.6 Å². The van der Waals surface area contributed by atoms with Crippen molar-refractivity contribution in [3.8, 4) is 0 Å². The van der Waals surface area contributed by atoms with Gasteiger partial charge in [0, 0.05) is 19.1 Å². The number of rotatable bonds is 5. The third kappa shape index (κ3) is 3.92. The van der Waals surface area contributed by atoms with Crippen LogP contribution in [0.4, 0.5) is 4.39 Å². The number of carbonyl (C=O) groups excluding carboxylic acids is 2. The quantitative estimate of drug-likeness (QED) is 0.856. The molecule has 0 spiro atoms. The number of carbonyl (C=O) groups is 2. The molecule has 2 aromatic rings. The fraction of sp³-hybridized carbons (Fsp3) is 0.421. The molecular weight excluding hydrogens is 335 g/mol. The number of nitrogens with zero attached hydrogens (tertiary/aromatic N) is 2. The molecule has 0 saturated heterocycles. The molecule has 26 heavy (non-hydrogen) atoms. The first-order chi connectivity index (χ1) is 12.3. The van der Waals surface area contributed by atoms with Gasteiger partial charge < -0.3 is 15.2 Å². The fourth-order valence-corrected chi connectivity index (χ4v) is 3.12. The lowest BCUT2D eigenvalue weighted by molar-refractivity contribution is -0.121. The molecule has 1 aromatic heterocycles. The molecule has 3 rings (SSSR count). The van der Waals surface area contributed by atoms with Crippen LogP contribution in [0.5, 0.6) is 0 Å². The third-order valence-corrected chi connectivity index (χ3v) is 4.84. The zero-order valence-corrected chi connectivity index (χ0v) is 15.2. The lowest BCUT2D eigenvalue weighted by atomic mass is 9.86. The minimum atomic E-state index is -0.365. The second-order valence-corrected chi connectivity index (χ2v) is 6.93. The van der Waals surface area contributed by atoms with Crippen molar-refractivity contribution >= 4 is 11.8 Å². The first kappa shape index (κ1) is 18.1. The Balaban J connectivity index is 1.45. The Hall–Kier alpha value is -2.70. The van der Waals surface area contributed by atoms with Crippen LogP contribution in [0.1, 0.15) is 40.3 Å². The van der Waals surface area contributed by atoms with E-state index in [2.05, 4.69) is 15.6 Å². The normalized spacial score (nSPS) is 18.9. The molecule has 1 aromatic carbocycles. The van der Waals surface area contributed by atoms with E-state index in [1.807, 2.05) is 13.8 Å². The summed E-state index contributed by atoms with van der Waals surface area (Å²) in [5.41, 5.74) is 1.84. The van der Waals surface area contributed by atoms with Gasteiger partial charge in [0.05, 0.1) is 12.6 Å². The summed E-state index contributed by atoms with van der Waals surface area (Å²) in [6, 6.07) is 4.79. The predicted octanol–water partition coefficient (Wildman–Crippen LogP) is 1.80. The van der Waals surface area contributed by atoms with Gasteiger partial charge in [-0.1, -0.05) is 17.7 Å². The summed E-state index contributed by atoms with van der Waals surface area (Å²) in [5, 5.41) is 5.84. The van der Waals surface area contributed by atoms with Crippen molar-refractivity contribution in [1.29, 1.82) is 0 Å². The number of hydrogen-bond acceptors (Lipinski definition) is 3. The van der Waals surface area contributed by atoms with Crippen molar-refractivity contribution in [3.63, 3.8) is 0 Å². The molecular formula is C19H23FN4O2. The maximum Gasteiger partial charge on any atom is 0.269 e. The summed E-state index contributed by atoms with van der Waals surface area (Å²) in [4.78, 5) is 28.4. The maximum atomic E-state index is 13.7. The summed E-state index contributed by atoms with van der Waals surface area (Å²) in [5.74, 6) is 0.0458. The molecule has 138 valence electrons. The zero-order chi connectivity index (χ0) is 18.8. The second-order valence-electron chi connectivity index (χ2n) is 6.93. The Morgan fingerprint density at radius 2 is 1.92 bits per heavy atom. The minimum absolute atomic E-state index is 0.00828. The van der Waals surface area contributed by atoms with Gasteiger partial charge in [0.25, 0.3) is 5.91 Å². The highest BCUT2D eigenvalue weighted by Gasteiger charge is 2.32. The number of aryl methyl sites for hydroxylation is 2. The van der Waals surface area contributed by atoms with E-state index in [-0.39, 0.29) is 36.1 Å². The van der Waals surface area contributed by atoms with Crippen LogP contribution >= 0.6 is 0 Å². The SMILES string of the molecule is Cc1ccc(F)c(CC(=O)NC2CC(NC(=O)c3cnc(C)n3C)C2)c1. The summed E-state index contributed by atoms with van der Waals surface area (Å²) >= 11 is 0. The topological polar surface area (TPSA) is 76.0 Å². The number of aromatic nitrogens is 2. The van der Waals surface area contributed by atoms with Crippen molar-refractivity contribution < 1.29 is 14.0 Å². The van der Waals surface area contributed by atoms with Gasteiger partial charge in [-0.2, -0.15) is 0 Å². The highest BCUT2D eigenvalue weighted by Crippen LogP contribution is 2.21. The van der Waals surface area contributed by atoms with Crippen molar-refractivity contribution in [2.75, 3.05) is 0 Å². The zero-order valence-electron chi connectivity index (χ0n) is 15.2. The molecule has 6 nitrogen and oxygen atoms in total. The Morgan fingerprint density at radius 1 is 1.23 bits per heavy atom. The largest absolute Gasteiger partial charge is 0.353 e. The standard InChI is InChI=1S/C19H23FN4O2/c1-11-4-5-16(20)13(6-11)7-18(25)22-14-8-15(9-14)23-19(26)17-10-21-12(2)24(17)3/h4-6,10,14-15H,7-9H2,1-3H3,(H,22,25)(H,23,26). The smallest absolute Gasteiger partial charge is 0.269 e. The fourth-order valence-electron chi connectivity index (χ4n) is 3.12.